The van der Waals surface area contributed by atoms with E-state index in [0.717, 1.165) is 34.4 Å². The van der Waals surface area contributed by atoms with E-state index in [2.05, 4.69) is 0 Å². The van der Waals surface area contributed by atoms with Gasteiger partial charge in [0.05, 0.1) is 30.8 Å². The zero-order valence-electron chi connectivity index (χ0n) is 34.7. The average Bonchev–Trinajstić information content (AvgIpc) is 3.60. The number of fused-ring (bicyclic) bond motifs is 3. The molecule has 4 N–H and O–H groups in total. The Morgan fingerprint density at radius 1 is 0.385 bits per heavy atom. The van der Waals surface area contributed by atoms with Crippen LogP contribution in [0, 0.1) is 0 Å². The molecule has 0 spiro atoms. The van der Waals surface area contributed by atoms with Crippen molar-refractivity contribution in [3.05, 3.63) is 203 Å². The number of hydrogen-bond acceptors (Lipinski definition) is 6. The van der Waals surface area contributed by atoms with Crippen molar-refractivity contribution in [1.82, 2.24) is 0 Å². The van der Waals surface area contributed by atoms with Crippen molar-refractivity contribution in [3.63, 3.8) is 0 Å². The Morgan fingerprint density at radius 3 is 1.11 bits per heavy atom. The molecule has 9 rings (SSSR count). The van der Waals surface area contributed by atoms with Crippen molar-refractivity contribution in [2.24, 2.45) is 0 Å². The van der Waals surface area contributed by atoms with Gasteiger partial charge in [0.15, 0.2) is 23.0 Å². The number of alkyl halides is 6. The zero-order chi connectivity index (χ0) is 45.7. The number of benzene rings is 8. The fourth-order valence-corrected chi connectivity index (χ4v) is 8.62. The first-order valence-electron chi connectivity index (χ1n) is 20.3. The molecule has 0 amide bonds. The Labute approximate surface area is 370 Å². The third-order valence-corrected chi connectivity index (χ3v) is 11.6. The second-order valence-corrected chi connectivity index (χ2v) is 15.4. The largest absolute Gasteiger partial charge is 0.493 e. The van der Waals surface area contributed by atoms with Gasteiger partial charge in [0, 0.05) is 11.4 Å². The summed E-state index contributed by atoms with van der Waals surface area (Å²) in [6, 6.07) is 46.5. The fraction of sp³-hybridized carbons (Fsp3) is 0.0943. The van der Waals surface area contributed by atoms with E-state index in [1.54, 1.807) is 97.1 Å². The number of nitrogens with two attached hydrogens (primary N) is 2. The van der Waals surface area contributed by atoms with E-state index in [0.29, 0.717) is 44.8 Å². The summed E-state index contributed by atoms with van der Waals surface area (Å²) in [6.45, 7) is 0. The Morgan fingerprint density at radius 2 is 0.738 bits per heavy atom. The smallest absolute Gasteiger partial charge is 0.420 e. The summed E-state index contributed by atoms with van der Waals surface area (Å²) in [5.74, 6) is -0.505. The Balaban J connectivity index is 1.15. The summed E-state index contributed by atoms with van der Waals surface area (Å²) in [6.07, 6.45) is -9.53. The second kappa shape index (κ2) is 16.4. The molecule has 8 aromatic carbocycles. The van der Waals surface area contributed by atoms with Crippen LogP contribution in [-0.2, 0) is 17.8 Å². The van der Waals surface area contributed by atoms with Crippen molar-refractivity contribution in [2.75, 3.05) is 25.7 Å². The first-order valence-corrected chi connectivity index (χ1v) is 20.3. The van der Waals surface area contributed by atoms with Crippen LogP contribution in [0.4, 0.5) is 37.7 Å². The zero-order valence-corrected chi connectivity index (χ0v) is 34.7. The monoisotopic (exact) mass is 880 g/mol. The minimum absolute atomic E-state index is 0.0286. The first kappa shape index (κ1) is 42.4. The van der Waals surface area contributed by atoms with Crippen LogP contribution in [-0.4, -0.2) is 14.2 Å². The van der Waals surface area contributed by atoms with Crippen LogP contribution in [0.15, 0.2) is 170 Å². The molecule has 0 saturated heterocycles. The van der Waals surface area contributed by atoms with E-state index in [9.17, 15) is 26.3 Å². The average molecular weight is 881 g/mol. The van der Waals surface area contributed by atoms with Gasteiger partial charge in [0.2, 0.25) is 0 Å². The normalized spacial score (nSPS) is 12.9. The van der Waals surface area contributed by atoms with E-state index in [1.807, 2.05) is 48.5 Å². The van der Waals surface area contributed by atoms with Gasteiger partial charge in [-0.05, 0) is 128 Å². The highest BCUT2D eigenvalue weighted by atomic mass is 19.4. The Bertz CT molecular complexity index is 2870. The number of rotatable bonds is 10. The molecule has 0 radical (unpaired) electrons. The highest BCUT2D eigenvalue weighted by Gasteiger charge is 2.47. The maximum absolute atomic E-state index is 14.7. The fourth-order valence-electron chi connectivity index (χ4n) is 8.62. The molecule has 326 valence electrons. The standard InChI is InChI=1S/C53H38F6N2O4/c1-62-49-29-35(17-25-47(49)64-45-23-15-33(27-43(45)52(54,55)56)31-11-19-37(60)20-12-31)51(41-9-5-3-7-39(41)40-8-4-6-10-42(40)51)36-18-26-48(50(30-36)63-2)65-46-24-16-34(28-44(46)53(57,58)59)32-13-21-38(61)22-14-32/h3-30H,60-61H2,1-2H3. The van der Waals surface area contributed by atoms with Gasteiger partial charge in [-0.3, -0.25) is 0 Å². The number of methoxy groups -OCH3 is 2. The lowest BCUT2D eigenvalue weighted by molar-refractivity contribution is -0.139. The number of nitrogen functional groups attached to an aromatic ring is 2. The Kier molecular flexibility index (Phi) is 10.7. The summed E-state index contributed by atoms with van der Waals surface area (Å²) in [4.78, 5) is 0. The lowest BCUT2D eigenvalue weighted by atomic mass is 9.67. The molecule has 0 aliphatic heterocycles. The molecule has 0 saturated carbocycles. The van der Waals surface area contributed by atoms with Crippen LogP contribution in [0.3, 0.4) is 0 Å². The lowest BCUT2D eigenvalue weighted by Gasteiger charge is -2.34. The van der Waals surface area contributed by atoms with E-state index in [4.69, 9.17) is 30.4 Å². The maximum Gasteiger partial charge on any atom is 0.420 e. The highest BCUT2D eigenvalue weighted by molar-refractivity contribution is 5.86. The van der Waals surface area contributed by atoms with Gasteiger partial charge in [-0.15, -0.1) is 0 Å². The van der Waals surface area contributed by atoms with E-state index in [1.165, 1.54) is 26.4 Å². The molecule has 0 heterocycles. The molecule has 0 unspecified atom stereocenters. The second-order valence-electron chi connectivity index (χ2n) is 15.4. The van der Waals surface area contributed by atoms with Crippen molar-refractivity contribution in [3.8, 4) is 67.9 Å². The molecule has 8 aromatic rings. The van der Waals surface area contributed by atoms with Crippen LogP contribution in [0.25, 0.3) is 33.4 Å². The third-order valence-electron chi connectivity index (χ3n) is 11.6. The van der Waals surface area contributed by atoms with Gasteiger partial charge in [0.25, 0.3) is 0 Å². The maximum atomic E-state index is 14.7. The summed E-state index contributed by atoms with van der Waals surface area (Å²) < 4.78 is 112. The van der Waals surface area contributed by atoms with Gasteiger partial charge in [-0.25, -0.2) is 0 Å². The number of anilines is 2. The molecule has 0 atom stereocenters. The third kappa shape index (κ3) is 7.70. The van der Waals surface area contributed by atoms with Crippen molar-refractivity contribution in [1.29, 1.82) is 0 Å². The molecule has 0 fully saturated rings. The predicted molar refractivity (Wildman–Crippen MR) is 240 cm³/mol. The molecular weight excluding hydrogens is 843 g/mol. The van der Waals surface area contributed by atoms with Gasteiger partial charge in [-0.1, -0.05) is 97.1 Å². The summed E-state index contributed by atoms with van der Waals surface area (Å²) >= 11 is 0. The molecular formula is C53H38F6N2O4. The highest BCUT2D eigenvalue weighted by Crippen LogP contribution is 2.58. The molecule has 0 bridgehead atoms. The van der Waals surface area contributed by atoms with Gasteiger partial charge >= 0.3 is 12.4 Å². The molecule has 1 aliphatic carbocycles. The van der Waals surface area contributed by atoms with Crippen LogP contribution < -0.4 is 30.4 Å². The topological polar surface area (TPSA) is 89.0 Å². The SMILES string of the molecule is COc1cc(C2(c3ccc(Oc4ccc(-c5ccc(N)cc5)cc4C(F)(F)F)c(OC)c3)c3ccccc3-c3ccccc32)ccc1Oc1ccc(-c2ccc(N)cc2)cc1C(F)(F)F. The van der Waals surface area contributed by atoms with E-state index < -0.39 is 40.4 Å². The summed E-state index contributed by atoms with van der Waals surface area (Å²) in [7, 11) is 2.80. The van der Waals surface area contributed by atoms with E-state index >= 15 is 0 Å². The van der Waals surface area contributed by atoms with Gasteiger partial charge in [-0.2, -0.15) is 26.3 Å². The number of hydrogen-bond donors (Lipinski definition) is 2. The van der Waals surface area contributed by atoms with Crippen LogP contribution in [0.5, 0.6) is 34.5 Å². The molecule has 12 heteroatoms. The molecule has 6 nitrogen and oxygen atoms in total. The van der Waals surface area contributed by atoms with Gasteiger partial charge < -0.3 is 30.4 Å². The van der Waals surface area contributed by atoms with Crippen LogP contribution in [0.2, 0.25) is 0 Å². The van der Waals surface area contributed by atoms with Crippen molar-refractivity contribution in [2.45, 2.75) is 17.8 Å². The molecule has 0 aromatic heterocycles. The summed E-state index contributed by atoms with van der Waals surface area (Å²) in [5.41, 5.74) is 16.1. The number of halogens is 6. The predicted octanol–water partition coefficient (Wildman–Crippen LogP) is 14.2. The van der Waals surface area contributed by atoms with Gasteiger partial charge in [0.1, 0.15) is 11.5 Å². The summed E-state index contributed by atoms with van der Waals surface area (Å²) in [5, 5.41) is 0. The lowest BCUT2D eigenvalue weighted by Crippen LogP contribution is -2.28. The minimum Gasteiger partial charge on any atom is -0.493 e. The Hall–Kier alpha value is -7.86. The number of ether oxygens (including phenoxy) is 4. The van der Waals surface area contributed by atoms with Crippen molar-refractivity contribution >= 4 is 11.4 Å². The van der Waals surface area contributed by atoms with Crippen LogP contribution in [0.1, 0.15) is 33.4 Å². The first-order chi connectivity index (χ1) is 31.2. The van der Waals surface area contributed by atoms with Crippen molar-refractivity contribution < 1.29 is 45.3 Å². The quantitative estimate of drug-likeness (QED) is 0.105. The molecule has 1 aliphatic rings. The van der Waals surface area contributed by atoms with E-state index in [-0.39, 0.29) is 23.0 Å². The van der Waals surface area contributed by atoms with Crippen LogP contribution >= 0.6 is 0 Å². The minimum atomic E-state index is -4.77. The molecule has 65 heavy (non-hydrogen) atoms.